The fraction of sp³-hybridized carbons (Fsp3) is 0.353. The van der Waals surface area contributed by atoms with Crippen molar-refractivity contribution >= 4 is 22.2 Å². The van der Waals surface area contributed by atoms with Gasteiger partial charge in [-0.05, 0) is 25.0 Å². The van der Waals surface area contributed by atoms with E-state index < -0.39 is 6.10 Å². The zero-order valence-electron chi connectivity index (χ0n) is 13.0. The number of benzene rings is 1. The zero-order valence-corrected chi connectivity index (χ0v) is 13.8. The van der Waals surface area contributed by atoms with Crippen LogP contribution < -0.4 is 4.74 Å². The normalized spacial score (nSPS) is 13.0. The number of aliphatic hydroxyl groups excluding tert-OH is 1. The van der Waals surface area contributed by atoms with Crippen molar-refractivity contribution in [3.8, 4) is 5.75 Å². The molecule has 2 heterocycles. The highest BCUT2D eigenvalue weighted by Crippen LogP contribution is 2.33. The van der Waals surface area contributed by atoms with E-state index in [1.165, 1.54) is 11.3 Å². The largest absolute Gasteiger partial charge is 0.494 e. The molecule has 0 saturated heterocycles. The van der Waals surface area contributed by atoms with E-state index in [-0.39, 0.29) is 0 Å². The highest BCUT2D eigenvalue weighted by atomic mass is 32.1. The van der Waals surface area contributed by atoms with E-state index in [0.717, 1.165) is 32.9 Å². The Morgan fingerprint density at radius 3 is 2.86 bits per heavy atom. The predicted molar refractivity (Wildman–Crippen MR) is 89.7 cm³/mol. The Morgan fingerprint density at radius 2 is 2.18 bits per heavy atom. The number of ether oxygens (including phenoxy) is 1. The third-order valence-electron chi connectivity index (χ3n) is 3.66. The number of hydrogen-bond donors (Lipinski definition) is 2. The Labute approximate surface area is 133 Å². The van der Waals surface area contributed by atoms with Gasteiger partial charge in [0.15, 0.2) is 0 Å². The van der Waals surface area contributed by atoms with E-state index in [1.807, 2.05) is 36.7 Å². The standard InChI is InChI=1S/C17H20N2O2S/c1-4-21-11-5-6-12-13(8-18-14(12)7-11)16(20)17-19-15(9-22-17)10(2)3/h5-10,16,18,20H,4H2,1-3H3. The molecule has 3 rings (SSSR count). The second-order valence-corrected chi connectivity index (χ2v) is 6.44. The maximum atomic E-state index is 10.6. The summed E-state index contributed by atoms with van der Waals surface area (Å²) in [6.45, 7) is 6.81. The summed E-state index contributed by atoms with van der Waals surface area (Å²) >= 11 is 1.50. The van der Waals surface area contributed by atoms with Gasteiger partial charge in [0.25, 0.3) is 0 Å². The van der Waals surface area contributed by atoms with Gasteiger partial charge in [-0.1, -0.05) is 13.8 Å². The van der Waals surface area contributed by atoms with Crippen molar-refractivity contribution in [3.05, 3.63) is 46.0 Å². The molecule has 4 nitrogen and oxygen atoms in total. The second kappa shape index (κ2) is 6.10. The van der Waals surface area contributed by atoms with Crippen LogP contribution in [0.5, 0.6) is 5.75 Å². The first kappa shape index (κ1) is 15.1. The van der Waals surface area contributed by atoms with Crippen LogP contribution in [-0.4, -0.2) is 21.7 Å². The molecule has 0 aliphatic heterocycles. The highest BCUT2D eigenvalue weighted by molar-refractivity contribution is 7.09. The zero-order chi connectivity index (χ0) is 15.7. The Balaban J connectivity index is 1.94. The number of nitrogens with one attached hydrogen (secondary N) is 1. The molecule has 0 spiro atoms. The summed E-state index contributed by atoms with van der Waals surface area (Å²) in [5, 5.41) is 14.4. The first-order valence-electron chi connectivity index (χ1n) is 7.47. The molecule has 0 bridgehead atoms. The van der Waals surface area contributed by atoms with Gasteiger partial charge in [0, 0.05) is 34.1 Å². The van der Waals surface area contributed by atoms with Crippen molar-refractivity contribution in [2.75, 3.05) is 6.61 Å². The molecule has 1 atom stereocenters. The van der Waals surface area contributed by atoms with Crippen molar-refractivity contribution in [3.63, 3.8) is 0 Å². The third-order valence-corrected chi connectivity index (χ3v) is 4.57. The van der Waals surface area contributed by atoms with Crippen LogP contribution in [0.25, 0.3) is 10.9 Å². The smallest absolute Gasteiger partial charge is 0.133 e. The Morgan fingerprint density at radius 1 is 1.36 bits per heavy atom. The topological polar surface area (TPSA) is 58.1 Å². The summed E-state index contributed by atoms with van der Waals surface area (Å²) in [5.74, 6) is 1.20. The molecular weight excluding hydrogens is 296 g/mol. The van der Waals surface area contributed by atoms with Crippen LogP contribution in [0.15, 0.2) is 29.8 Å². The molecule has 0 aliphatic rings. The molecule has 116 valence electrons. The van der Waals surface area contributed by atoms with Crippen molar-refractivity contribution < 1.29 is 9.84 Å². The van der Waals surface area contributed by atoms with Crippen LogP contribution >= 0.6 is 11.3 Å². The summed E-state index contributed by atoms with van der Waals surface area (Å²) in [6.07, 6.45) is 1.14. The van der Waals surface area contributed by atoms with Crippen LogP contribution in [-0.2, 0) is 0 Å². The number of aromatic amines is 1. The summed E-state index contributed by atoms with van der Waals surface area (Å²) < 4.78 is 5.51. The van der Waals surface area contributed by atoms with E-state index in [2.05, 4.69) is 23.8 Å². The molecule has 1 unspecified atom stereocenters. The van der Waals surface area contributed by atoms with Crippen LogP contribution in [0.1, 0.15) is 49.1 Å². The lowest BCUT2D eigenvalue weighted by Gasteiger charge is -2.07. The molecule has 0 amide bonds. The summed E-state index contributed by atoms with van der Waals surface area (Å²) in [5.41, 5.74) is 2.83. The lowest BCUT2D eigenvalue weighted by atomic mass is 10.1. The van der Waals surface area contributed by atoms with Crippen LogP contribution in [0.2, 0.25) is 0 Å². The SMILES string of the molecule is CCOc1ccc2c(C(O)c3nc(C(C)C)cs3)c[nH]c2c1. The van der Waals surface area contributed by atoms with Gasteiger partial charge < -0.3 is 14.8 Å². The summed E-state index contributed by atoms with van der Waals surface area (Å²) in [4.78, 5) is 7.75. The molecule has 0 saturated carbocycles. The van der Waals surface area contributed by atoms with Gasteiger partial charge in [-0.2, -0.15) is 0 Å². The second-order valence-electron chi connectivity index (χ2n) is 5.55. The van der Waals surface area contributed by atoms with Gasteiger partial charge in [0.05, 0.1) is 12.3 Å². The van der Waals surface area contributed by atoms with Gasteiger partial charge in [0.1, 0.15) is 16.9 Å². The molecule has 22 heavy (non-hydrogen) atoms. The lowest BCUT2D eigenvalue weighted by Crippen LogP contribution is -1.99. The van der Waals surface area contributed by atoms with Gasteiger partial charge in [0.2, 0.25) is 0 Å². The Bertz CT molecular complexity index is 776. The molecule has 0 aliphatic carbocycles. The maximum absolute atomic E-state index is 10.6. The third kappa shape index (κ3) is 2.74. The first-order valence-corrected chi connectivity index (χ1v) is 8.35. The van der Waals surface area contributed by atoms with Gasteiger partial charge in [-0.3, -0.25) is 0 Å². The molecule has 1 aromatic carbocycles. The molecular formula is C17H20N2O2S. The number of fused-ring (bicyclic) bond motifs is 1. The van der Waals surface area contributed by atoms with Gasteiger partial charge in [-0.25, -0.2) is 4.98 Å². The minimum atomic E-state index is -0.704. The van der Waals surface area contributed by atoms with Crippen molar-refractivity contribution in [1.29, 1.82) is 0 Å². The van der Waals surface area contributed by atoms with Crippen LogP contribution in [0, 0.1) is 0 Å². The van der Waals surface area contributed by atoms with Crippen molar-refractivity contribution in [1.82, 2.24) is 9.97 Å². The number of rotatable bonds is 5. The predicted octanol–water partition coefficient (Wildman–Crippen LogP) is 4.23. The molecule has 0 fully saturated rings. The van der Waals surface area contributed by atoms with Crippen LogP contribution in [0.3, 0.4) is 0 Å². The molecule has 5 heteroatoms. The van der Waals surface area contributed by atoms with Crippen molar-refractivity contribution in [2.45, 2.75) is 32.8 Å². The van der Waals surface area contributed by atoms with Crippen molar-refractivity contribution in [2.24, 2.45) is 0 Å². The average Bonchev–Trinajstić information content (AvgIpc) is 3.14. The molecule has 0 radical (unpaired) electrons. The minimum Gasteiger partial charge on any atom is -0.494 e. The fourth-order valence-electron chi connectivity index (χ4n) is 2.43. The number of aliphatic hydroxyl groups is 1. The van der Waals surface area contributed by atoms with Crippen LogP contribution in [0.4, 0.5) is 0 Å². The Kier molecular flexibility index (Phi) is 4.18. The van der Waals surface area contributed by atoms with E-state index >= 15 is 0 Å². The van der Waals surface area contributed by atoms with E-state index in [1.54, 1.807) is 0 Å². The summed E-state index contributed by atoms with van der Waals surface area (Å²) in [7, 11) is 0. The van der Waals surface area contributed by atoms with E-state index in [4.69, 9.17) is 4.74 Å². The number of thiazole rings is 1. The minimum absolute atomic E-state index is 0.369. The van der Waals surface area contributed by atoms with Gasteiger partial charge >= 0.3 is 0 Å². The lowest BCUT2D eigenvalue weighted by molar-refractivity contribution is 0.221. The molecule has 2 N–H and O–H groups in total. The average molecular weight is 316 g/mol. The van der Waals surface area contributed by atoms with Gasteiger partial charge in [-0.15, -0.1) is 11.3 Å². The highest BCUT2D eigenvalue weighted by Gasteiger charge is 2.19. The maximum Gasteiger partial charge on any atom is 0.133 e. The van der Waals surface area contributed by atoms with E-state index in [0.29, 0.717) is 12.5 Å². The van der Waals surface area contributed by atoms with E-state index in [9.17, 15) is 5.11 Å². The molecule has 3 aromatic rings. The number of hydrogen-bond acceptors (Lipinski definition) is 4. The first-order chi connectivity index (χ1) is 10.6. The number of nitrogens with zero attached hydrogens (tertiary/aromatic N) is 1. The quantitative estimate of drug-likeness (QED) is 0.740. The summed E-state index contributed by atoms with van der Waals surface area (Å²) in [6, 6.07) is 5.86. The molecule has 2 aromatic heterocycles. The Hall–Kier alpha value is -1.85. The number of H-pyrrole nitrogens is 1. The monoisotopic (exact) mass is 316 g/mol. The fourth-order valence-corrected chi connectivity index (χ4v) is 3.42. The number of aromatic nitrogens is 2.